The maximum atomic E-state index is 11.9. The van der Waals surface area contributed by atoms with Gasteiger partial charge in [0.05, 0.1) is 0 Å². The fourth-order valence-corrected chi connectivity index (χ4v) is 2.03. The minimum atomic E-state index is -0.467. The number of hydrogen-bond donors (Lipinski definition) is 1. The summed E-state index contributed by atoms with van der Waals surface area (Å²) in [5.74, 6) is 4.47. The molecule has 0 saturated carbocycles. The minimum absolute atomic E-state index is 0.185. The molecule has 0 radical (unpaired) electrons. The molecule has 0 aromatic heterocycles. The number of aliphatic hydroxyl groups excluding tert-OH is 1. The molecule has 2 rings (SSSR count). The fourth-order valence-electron chi connectivity index (χ4n) is 2.03. The summed E-state index contributed by atoms with van der Waals surface area (Å²) in [5, 5.41) is 8.68. The minimum Gasteiger partial charge on any atom is -0.384 e. The van der Waals surface area contributed by atoms with E-state index < -0.39 is 11.8 Å². The van der Waals surface area contributed by atoms with Crippen molar-refractivity contribution in [3.63, 3.8) is 0 Å². The van der Waals surface area contributed by atoms with Crippen molar-refractivity contribution in [2.75, 3.05) is 26.7 Å². The van der Waals surface area contributed by atoms with Crippen LogP contribution in [0.15, 0.2) is 24.3 Å². The van der Waals surface area contributed by atoms with Crippen molar-refractivity contribution < 1.29 is 14.7 Å². The number of carbonyl (C=O) groups excluding carboxylic acids is 2. The summed E-state index contributed by atoms with van der Waals surface area (Å²) in [6, 6.07) is 7.43. The molecule has 0 bridgehead atoms. The van der Waals surface area contributed by atoms with E-state index in [9.17, 15) is 9.59 Å². The number of likely N-dealkylation sites (N-methyl/N-ethyl adjacent to an activating group) is 1. The van der Waals surface area contributed by atoms with Crippen LogP contribution in [0.3, 0.4) is 0 Å². The summed E-state index contributed by atoms with van der Waals surface area (Å²) in [6.07, 6.45) is 0. The van der Waals surface area contributed by atoms with Crippen LogP contribution in [0.4, 0.5) is 0 Å². The Morgan fingerprint density at radius 2 is 2.05 bits per heavy atom. The number of rotatable bonds is 2. The molecule has 1 fully saturated rings. The summed E-state index contributed by atoms with van der Waals surface area (Å²) in [6.45, 7) is 1.30. The van der Waals surface area contributed by atoms with Crippen molar-refractivity contribution in [3.8, 4) is 11.8 Å². The highest BCUT2D eigenvalue weighted by molar-refractivity contribution is 6.35. The standard InChI is InChI=1S/C15H16N2O3/c1-16-7-8-17(15(20)14(16)19)11-13-5-2-4-12(10-13)6-3-9-18/h2,4-5,10,18H,7-9,11H2,1H3. The van der Waals surface area contributed by atoms with E-state index in [-0.39, 0.29) is 6.61 Å². The van der Waals surface area contributed by atoms with Crippen LogP contribution in [0.25, 0.3) is 0 Å². The molecule has 20 heavy (non-hydrogen) atoms. The zero-order chi connectivity index (χ0) is 14.5. The molecule has 5 heteroatoms. The number of hydrogen-bond acceptors (Lipinski definition) is 3. The SMILES string of the molecule is CN1CCN(Cc2cccc(C#CCO)c2)C(=O)C1=O. The van der Waals surface area contributed by atoms with Gasteiger partial charge in [-0.3, -0.25) is 9.59 Å². The summed E-state index contributed by atoms with van der Waals surface area (Å²) in [7, 11) is 1.63. The van der Waals surface area contributed by atoms with Gasteiger partial charge in [0.2, 0.25) is 0 Å². The van der Waals surface area contributed by atoms with E-state index in [4.69, 9.17) is 5.11 Å². The topological polar surface area (TPSA) is 60.9 Å². The first-order valence-electron chi connectivity index (χ1n) is 6.35. The molecule has 0 atom stereocenters. The van der Waals surface area contributed by atoms with Crippen molar-refractivity contribution in [1.82, 2.24) is 9.80 Å². The Morgan fingerprint density at radius 1 is 1.25 bits per heavy atom. The van der Waals surface area contributed by atoms with Crippen LogP contribution in [0.2, 0.25) is 0 Å². The van der Waals surface area contributed by atoms with Crippen LogP contribution in [-0.4, -0.2) is 53.5 Å². The predicted molar refractivity (Wildman–Crippen MR) is 73.5 cm³/mol. The van der Waals surface area contributed by atoms with Gasteiger partial charge in [0.25, 0.3) is 0 Å². The number of amides is 2. The van der Waals surface area contributed by atoms with Crippen molar-refractivity contribution in [1.29, 1.82) is 0 Å². The van der Waals surface area contributed by atoms with Gasteiger partial charge in [-0.15, -0.1) is 0 Å². The van der Waals surface area contributed by atoms with Gasteiger partial charge in [-0.25, -0.2) is 0 Å². The summed E-state index contributed by atoms with van der Waals surface area (Å²) < 4.78 is 0. The Kier molecular flexibility index (Phi) is 4.38. The first-order valence-corrected chi connectivity index (χ1v) is 6.35. The monoisotopic (exact) mass is 272 g/mol. The van der Waals surface area contributed by atoms with E-state index in [1.807, 2.05) is 24.3 Å². The van der Waals surface area contributed by atoms with Gasteiger partial charge in [-0.1, -0.05) is 24.0 Å². The molecule has 1 heterocycles. The van der Waals surface area contributed by atoms with Crippen molar-refractivity contribution >= 4 is 11.8 Å². The molecule has 0 aliphatic carbocycles. The molecule has 5 nitrogen and oxygen atoms in total. The third-order valence-electron chi connectivity index (χ3n) is 3.13. The molecule has 1 N–H and O–H groups in total. The Morgan fingerprint density at radius 3 is 2.80 bits per heavy atom. The molecule has 1 saturated heterocycles. The highest BCUT2D eigenvalue weighted by atomic mass is 16.2. The molecule has 2 amide bonds. The maximum absolute atomic E-state index is 11.9. The Bertz CT molecular complexity index is 586. The predicted octanol–water partition coefficient (Wildman–Crippen LogP) is -0.169. The third-order valence-corrected chi connectivity index (χ3v) is 3.13. The first kappa shape index (κ1) is 14.1. The first-order chi connectivity index (χ1) is 9.61. The molecule has 1 aromatic rings. The normalized spacial score (nSPS) is 15.1. The van der Waals surface area contributed by atoms with Crippen molar-refractivity contribution in [3.05, 3.63) is 35.4 Å². The van der Waals surface area contributed by atoms with E-state index in [1.54, 1.807) is 11.9 Å². The van der Waals surface area contributed by atoms with Gasteiger partial charge in [0.15, 0.2) is 0 Å². The molecule has 1 aromatic carbocycles. The lowest BCUT2D eigenvalue weighted by molar-refractivity contribution is -0.155. The Balaban J connectivity index is 2.10. The second-order valence-electron chi connectivity index (χ2n) is 4.61. The van der Waals surface area contributed by atoms with E-state index in [1.165, 1.54) is 4.90 Å². The second kappa shape index (κ2) is 6.22. The van der Waals surface area contributed by atoms with Gasteiger partial charge in [0.1, 0.15) is 6.61 Å². The van der Waals surface area contributed by atoms with E-state index in [2.05, 4.69) is 11.8 Å². The molecule has 0 spiro atoms. The number of benzene rings is 1. The van der Waals surface area contributed by atoms with Crippen molar-refractivity contribution in [2.24, 2.45) is 0 Å². The summed E-state index contributed by atoms with van der Waals surface area (Å²) in [4.78, 5) is 26.5. The highest BCUT2D eigenvalue weighted by Gasteiger charge is 2.29. The van der Waals surface area contributed by atoms with Crippen molar-refractivity contribution in [2.45, 2.75) is 6.54 Å². The zero-order valence-corrected chi connectivity index (χ0v) is 11.3. The molecule has 104 valence electrons. The number of aliphatic hydroxyl groups is 1. The van der Waals surface area contributed by atoms with Gasteiger partial charge in [-0.2, -0.15) is 0 Å². The molecular weight excluding hydrogens is 256 g/mol. The lowest BCUT2D eigenvalue weighted by Crippen LogP contribution is -2.52. The third kappa shape index (κ3) is 3.16. The van der Waals surface area contributed by atoms with Crippen LogP contribution < -0.4 is 0 Å². The maximum Gasteiger partial charge on any atom is 0.312 e. The molecular formula is C15H16N2O3. The lowest BCUT2D eigenvalue weighted by atomic mass is 10.1. The van der Waals surface area contributed by atoms with Crippen LogP contribution in [0.5, 0.6) is 0 Å². The van der Waals surface area contributed by atoms with Gasteiger partial charge in [-0.05, 0) is 17.7 Å². The lowest BCUT2D eigenvalue weighted by Gasteiger charge is -2.31. The van der Waals surface area contributed by atoms with Gasteiger partial charge >= 0.3 is 11.8 Å². The van der Waals surface area contributed by atoms with E-state index in [0.29, 0.717) is 19.6 Å². The smallest absolute Gasteiger partial charge is 0.312 e. The largest absolute Gasteiger partial charge is 0.384 e. The fraction of sp³-hybridized carbons (Fsp3) is 0.333. The van der Waals surface area contributed by atoms with Crippen LogP contribution in [0, 0.1) is 11.8 Å². The van der Waals surface area contributed by atoms with Gasteiger partial charge in [0, 0.05) is 32.2 Å². The second-order valence-corrected chi connectivity index (χ2v) is 4.61. The van der Waals surface area contributed by atoms with E-state index in [0.717, 1.165) is 11.1 Å². The number of nitrogens with zero attached hydrogens (tertiary/aromatic N) is 2. The van der Waals surface area contributed by atoms with Crippen LogP contribution in [-0.2, 0) is 16.1 Å². The number of piperazine rings is 1. The molecule has 1 aliphatic heterocycles. The average Bonchev–Trinajstić information content (AvgIpc) is 2.46. The molecule has 0 unspecified atom stereocenters. The van der Waals surface area contributed by atoms with Gasteiger partial charge < -0.3 is 14.9 Å². The molecule has 1 aliphatic rings. The Hall–Kier alpha value is -2.32. The highest BCUT2D eigenvalue weighted by Crippen LogP contribution is 2.11. The zero-order valence-electron chi connectivity index (χ0n) is 11.3. The quantitative estimate of drug-likeness (QED) is 0.601. The van der Waals surface area contributed by atoms with E-state index >= 15 is 0 Å². The summed E-state index contributed by atoms with van der Waals surface area (Å²) >= 11 is 0. The van der Waals surface area contributed by atoms with Crippen LogP contribution in [0.1, 0.15) is 11.1 Å². The summed E-state index contributed by atoms with van der Waals surface area (Å²) in [5.41, 5.74) is 1.70. The average molecular weight is 272 g/mol. The number of carbonyl (C=O) groups is 2. The van der Waals surface area contributed by atoms with Crippen LogP contribution >= 0.6 is 0 Å². The Labute approximate surface area is 117 Å².